The number of sulfonamides is 1. The second kappa shape index (κ2) is 6.89. The van der Waals surface area contributed by atoms with Crippen LogP contribution in [0.25, 0.3) is 0 Å². The van der Waals surface area contributed by atoms with Gasteiger partial charge in [-0.1, -0.05) is 29.8 Å². The van der Waals surface area contributed by atoms with Gasteiger partial charge in [0.15, 0.2) is 0 Å². The molecule has 1 aromatic rings. The molecule has 0 amide bonds. The minimum absolute atomic E-state index is 0.0384. The number of carbonyl (C=O) groups is 1. The van der Waals surface area contributed by atoms with Crippen molar-refractivity contribution in [2.45, 2.75) is 45.1 Å². The Balaban J connectivity index is 3.53. The van der Waals surface area contributed by atoms with E-state index in [1.165, 1.54) is 16.4 Å². The number of hydrogen-bond acceptors (Lipinski definition) is 3. The molecule has 0 aliphatic carbocycles. The van der Waals surface area contributed by atoms with Crippen molar-refractivity contribution >= 4 is 31.9 Å². The first-order chi connectivity index (χ1) is 9.66. The predicted octanol–water partition coefficient (Wildman–Crippen LogP) is 3.26. The highest BCUT2D eigenvalue weighted by molar-refractivity contribution is 9.10. The summed E-state index contributed by atoms with van der Waals surface area (Å²) < 4.78 is 27.5. The molecule has 118 valence electrons. The van der Waals surface area contributed by atoms with Gasteiger partial charge in [-0.2, -0.15) is 4.31 Å². The summed E-state index contributed by atoms with van der Waals surface area (Å²) in [6.45, 7) is 7.53. The van der Waals surface area contributed by atoms with E-state index in [1.807, 2.05) is 13.8 Å². The molecule has 0 radical (unpaired) electrons. The van der Waals surface area contributed by atoms with Gasteiger partial charge in [0.05, 0.1) is 10.5 Å². The van der Waals surface area contributed by atoms with Crippen molar-refractivity contribution in [2.75, 3.05) is 6.54 Å². The van der Waals surface area contributed by atoms with E-state index >= 15 is 0 Å². The molecule has 0 spiro atoms. The highest BCUT2D eigenvalue weighted by Gasteiger charge is 2.29. The van der Waals surface area contributed by atoms with Crippen molar-refractivity contribution in [3.63, 3.8) is 0 Å². The SMILES string of the molecule is CCC(C)N(CC)S(=O)(=O)c1cc(C(=O)O)cc(Br)c1C. The van der Waals surface area contributed by atoms with E-state index in [0.717, 1.165) is 0 Å². The van der Waals surface area contributed by atoms with E-state index in [1.54, 1.807) is 13.8 Å². The van der Waals surface area contributed by atoms with Crippen LogP contribution in [0.1, 0.15) is 43.1 Å². The standard InChI is InChI=1S/C14H20BrNO4S/c1-5-9(3)16(6-2)21(19,20)13-8-11(14(17)18)7-12(15)10(13)4/h7-9H,5-6H2,1-4H3,(H,17,18). The van der Waals surface area contributed by atoms with Crippen molar-refractivity contribution in [1.82, 2.24) is 4.31 Å². The van der Waals surface area contributed by atoms with Crippen molar-refractivity contribution < 1.29 is 18.3 Å². The second-order valence-corrected chi connectivity index (χ2v) is 7.57. The molecule has 7 heteroatoms. The lowest BCUT2D eigenvalue weighted by atomic mass is 10.1. The van der Waals surface area contributed by atoms with Gasteiger partial charge in [-0.25, -0.2) is 13.2 Å². The minimum Gasteiger partial charge on any atom is -0.478 e. The second-order valence-electron chi connectivity index (χ2n) is 4.85. The first-order valence-electron chi connectivity index (χ1n) is 6.72. The molecule has 0 fully saturated rings. The summed E-state index contributed by atoms with van der Waals surface area (Å²) in [5.41, 5.74) is 0.466. The molecule has 1 N–H and O–H groups in total. The highest BCUT2D eigenvalue weighted by Crippen LogP contribution is 2.29. The Labute approximate surface area is 134 Å². The number of carboxylic acids is 1. The third-order valence-electron chi connectivity index (χ3n) is 3.52. The lowest BCUT2D eigenvalue weighted by Crippen LogP contribution is -2.38. The van der Waals surface area contributed by atoms with Gasteiger partial charge in [-0.15, -0.1) is 0 Å². The van der Waals surface area contributed by atoms with Crippen molar-refractivity contribution in [3.05, 3.63) is 27.7 Å². The number of benzene rings is 1. The van der Waals surface area contributed by atoms with Crippen LogP contribution in [-0.4, -0.2) is 36.4 Å². The summed E-state index contributed by atoms with van der Waals surface area (Å²) in [5, 5.41) is 9.11. The summed E-state index contributed by atoms with van der Waals surface area (Å²) in [4.78, 5) is 11.2. The Hall–Kier alpha value is -0.920. The van der Waals surface area contributed by atoms with Crippen LogP contribution < -0.4 is 0 Å². The Bertz CT molecular complexity index is 643. The molecule has 1 aromatic carbocycles. The molecule has 5 nitrogen and oxygen atoms in total. The van der Waals surface area contributed by atoms with E-state index in [9.17, 15) is 13.2 Å². The van der Waals surface area contributed by atoms with Gasteiger partial charge in [-0.3, -0.25) is 0 Å². The van der Waals surface area contributed by atoms with Crippen LogP contribution in [0, 0.1) is 6.92 Å². The van der Waals surface area contributed by atoms with Crippen molar-refractivity contribution in [3.8, 4) is 0 Å². The van der Waals surface area contributed by atoms with Gasteiger partial charge in [0.25, 0.3) is 0 Å². The maximum Gasteiger partial charge on any atom is 0.335 e. The molecule has 0 saturated heterocycles. The number of aromatic carboxylic acids is 1. The first kappa shape index (κ1) is 18.1. The predicted molar refractivity (Wildman–Crippen MR) is 85.2 cm³/mol. The topological polar surface area (TPSA) is 74.7 Å². The molecule has 21 heavy (non-hydrogen) atoms. The minimum atomic E-state index is -3.73. The van der Waals surface area contributed by atoms with E-state index < -0.39 is 16.0 Å². The average molecular weight is 378 g/mol. The Morgan fingerprint density at radius 2 is 1.95 bits per heavy atom. The van der Waals surface area contributed by atoms with E-state index in [0.29, 0.717) is 23.0 Å². The van der Waals surface area contributed by atoms with Crippen molar-refractivity contribution in [2.24, 2.45) is 0 Å². The largest absolute Gasteiger partial charge is 0.478 e. The molecule has 0 saturated carbocycles. The van der Waals surface area contributed by atoms with Gasteiger partial charge >= 0.3 is 5.97 Å². The molecule has 1 unspecified atom stereocenters. The molecule has 0 bridgehead atoms. The average Bonchev–Trinajstić information content (AvgIpc) is 2.41. The van der Waals surface area contributed by atoms with Crippen LogP contribution in [0.3, 0.4) is 0 Å². The molecule has 0 aromatic heterocycles. The third kappa shape index (κ3) is 3.64. The van der Waals surface area contributed by atoms with Gasteiger partial charge < -0.3 is 5.11 Å². The summed E-state index contributed by atoms with van der Waals surface area (Å²) in [7, 11) is -3.73. The summed E-state index contributed by atoms with van der Waals surface area (Å²) in [5.74, 6) is -1.15. The molecule has 1 rings (SSSR count). The zero-order valence-corrected chi connectivity index (χ0v) is 15.0. The lowest BCUT2D eigenvalue weighted by molar-refractivity contribution is 0.0696. The first-order valence-corrected chi connectivity index (χ1v) is 8.95. The fraction of sp³-hybridized carbons (Fsp3) is 0.500. The number of carboxylic acid groups (broad SMARTS) is 1. The van der Waals surface area contributed by atoms with E-state index in [-0.39, 0.29) is 16.5 Å². The quantitative estimate of drug-likeness (QED) is 0.825. The molecule has 0 aliphatic heterocycles. The lowest BCUT2D eigenvalue weighted by Gasteiger charge is -2.27. The zero-order chi connectivity index (χ0) is 16.4. The number of halogens is 1. The van der Waals surface area contributed by atoms with Crippen LogP contribution in [0.15, 0.2) is 21.5 Å². The van der Waals surface area contributed by atoms with Crippen molar-refractivity contribution in [1.29, 1.82) is 0 Å². The molecule has 1 atom stereocenters. The van der Waals surface area contributed by atoms with Gasteiger partial charge in [0, 0.05) is 17.1 Å². The maximum atomic E-state index is 12.8. The van der Waals surface area contributed by atoms with Crippen LogP contribution >= 0.6 is 15.9 Å². The Kier molecular flexibility index (Phi) is 5.95. The van der Waals surface area contributed by atoms with Crippen LogP contribution in [0.4, 0.5) is 0 Å². The normalized spacial score (nSPS) is 13.4. The maximum absolute atomic E-state index is 12.8. The van der Waals surface area contributed by atoms with Gasteiger partial charge in [0.2, 0.25) is 10.0 Å². The molecular weight excluding hydrogens is 358 g/mol. The molecule has 0 heterocycles. The van der Waals surface area contributed by atoms with Crippen LogP contribution in [-0.2, 0) is 10.0 Å². The molecular formula is C14H20BrNO4S. The number of rotatable bonds is 6. The fourth-order valence-electron chi connectivity index (χ4n) is 2.09. The summed E-state index contributed by atoms with van der Waals surface area (Å²) >= 11 is 3.24. The van der Waals surface area contributed by atoms with E-state index in [4.69, 9.17) is 5.11 Å². The highest BCUT2D eigenvalue weighted by atomic mass is 79.9. The van der Waals surface area contributed by atoms with Crippen LogP contribution in [0.2, 0.25) is 0 Å². The van der Waals surface area contributed by atoms with Gasteiger partial charge in [-0.05, 0) is 38.0 Å². The van der Waals surface area contributed by atoms with Gasteiger partial charge in [0.1, 0.15) is 0 Å². The smallest absolute Gasteiger partial charge is 0.335 e. The number of hydrogen-bond donors (Lipinski definition) is 1. The fourth-order valence-corrected chi connectivity index (χ4v) is 4.67. The summed E-state index contributed by atoms with van der Waals surface area (Å²) in [6, 6.07) is 2.49. The van der Waals surface area contributed by atoms with E-state index in [2.05, 4.69) is 15.9 Å². The van der Waals surface area contributed by atoms with Crippen LogP contribution in [0.5, 0.6) is 0 Å². The third-order valence-corrected chi connectivity index (χ3v) is 6.56. The monoisotopic (exact) mass is 377 g/mol. The Morgan fingerprint density at radius 3 is 2.38 bits per heavy atom. The zero-order valence-electron chi connectivity index (χ0n) is 12.6. The number of nitrogens with zero attached hydrogens (tertiary/aromatic N) is 1. The Morgan fingerprint density at radius 1 is 1.38 bits per heavy atom. The summed E-state index contributed by atoms with van der Waals surface area (Å²) in [6.07, 6.45) is 0.686. The molecule has 0 aliphatic rings.